The summed E-state index contributed by atoms with van der Waals surface area (Å²) in [7, 11) is 0. The molecule has 2 N–H and O–H groups in total. The zero-order chi connectivity index (χ0) is 38.7. The van der Waals surface area contributed by atoms with Gasteiger partial charge in [-0.05, 0) is 69.7 Å². The van der Waals surface area contributed by atoms with Gasteiger partial charge in [0.15, 0.2) is 0 Å². The summed E-state index contributed by atoms with van der Waals surface area (Å²) < 4.78 is 0. The molecule has 0 fully saturated rings. The number of benzene rings is 8. The maximum Gasteiger partial charge on any atom is 0.0710 e. The van der Waals surface area contributed by atoms with Crippen molar-refractivity contribution in [2.24, 2.45) is 0 Å². The minimum Gasteiger partial charge on any atom is -0.353 e. The van der Waals surface area contributed by atoms with E-state index in [1.165, 1.54) is 77.7 Å². The maximum atomic E-state index is 4.31. The topological polar surface area (TPSA) is 24.1 Å². The van der Waals surface area contributed by atoms with Gasteiger partial charge in [0, 0.05) is 39.7 Å². The van der Waals surface area contributed by atoms with Gasteiger partial charge >= 0.3 is 0 Å². The highest BCUT2D eigenvalue weighted by atomic mass is 15.0. The second kappa shape index (κ2) is 15.8. The van der Waals surface area contributed by atoms with Crippen LogP contribution in [0.1, 0.15) is 86.9 Å². The van der Waals surface area contributed by atoms with Crippen molar-refractivity contribution in [2.45, 2.75) is 45.4 Å². The van der Waals surface area contributed by atoms with E-state index in [9.17, 15) is 0 Å². The smallest absolute Gasteiger partial charge is 0.0710 e. The standard InChI is InChI=1S/C55H48N2/c1-4-38-29-18-30-39(5-2)52(38)56-54-45-33-19-31-44-32-20-34-46(51(44)45)55(54)57-53-47(49(40-21-10-6-11-22-40)41-23-12-7-13-24-41)35-37(3)36-48(53)50(42-25-14-8-15-26-42)43-27-16-9-17-28-43/h6-36,49-50,56-57H,4-5H2,1-3H3. The third kappa shape index (κ3) is 6.83. The Balaban J connectivity index is 1.36. The molecule has 0 radical (unpaired) electrons. The lowest BCUT2D eigenvalue weighted by Gasteiger charge is -2.30. The van der Waals surface area contributed by atoms with Crippen LogP contribution in [0.3, 0.4) is 0 Å². The van der Waals surface area contributed by atoms with E-state index in [1.54, 1.807) is 0 Å². The highest BCUT2D eigenvalue weighted by Crippen LogP contribution is 2.49. The van der Waals surface area contributed by atoms with E-state index in [4.69, 9.17) is 0 Å². The summed E-state index contributed by atoms with van der Waals surface area (Å²) in [5.74, 6) is -0.0466. The second-order valence-electron chi connectivity index (χ2n) is 15.2. The van der Waals surface area contributed by atoms with Crippen molar-refractivity contribution in [2.75, 3.05) is 10.6 Å². The van der Waals surface area contributed by atoms with E-state index < -0.39 is 0 Å². The van der Waals surface area contributed by atoms with E-state index >= 15 is 0 Å². The summed E-state index contributed by atoms with van der Waals surface area (Å²) >= 11 is 0. The van der Waals surface area contributed by atoms with Gasteiger partial charge in [-0.1, -0.05) is 207 Å². The number of hydrogen-bond acceptors (Lipinski definition) is 2. The predicted molar refractivity (Wildman–Crippen MR) is 242 cm³/mol. The summed E-state index contributed by atoms with van der Waals surface area (Å²) in [4.78, 5) is 0. The molecule has 2 heteroatoms. The number of hydrogen-bond donors (Lipinski definition) is 2. The summed E-state index contributed by atoms with van der Waals surface area (Å²) in [5, 5.41) is 10.9. The Labute approximate surface area is 337 Å². The Bertz CT molecular complexity index is 2490. The van der Waals surface area contributed by atoms with Gasteiger partial charge in [-0.25, -0.2) is 0 Å². The van der Waals surface area contributed by atoms with Crippen LogP contribution in [0, 0.1) is 6.92 Å². The molecule has 278 valence electrons. The first kappa shape index (κ1) is 36.0. The van der Waals surface area contributed by atoms with Crippen molar-refractivity contribution in [1.29, 1.82) is 0 Å². The molecular weight excluding hydrogens is 689 g/mol. The number of rotatable bonds is 12. The molecule has 0 heterocycles. The average molecular weight is 737 g/mol. The van der Waals surface area contributed by atoms with Gasteiger partial charge in [0.2, 0.25) is 0 Å². The Morgan fingerprint density at radius 2 is 0.772 bits per heavy atom. The van der Waals surface area contributed by atoms with Gasteiger partial charge in [-0.3, -0.25) is 0 Å². The highest BCUT2D eigenvalue weighted by Gasteiger charge is 2.31. The van der Waals surface area contributed by atoms with E-state index in [0.717, 1.165) is 29.9 Å². The average Bonchev–Trinajstić information content (AvgIpc) is 3.56. The SMILES string of the molecule is CCc1cccc(CC)c1NC1=C(Nc2c(C(c3ccccc3)c3ccccc3)cc(C)cc2C(c2ccccc2)c2ccccc2)c2cccc3cccc1c23. The second-order valence-corrected chi connectivity index (χ2v) is 15.2. The fourth-order valence-electron chi connectivity index (χ4n) is 9.07. The molecule has 0 aromatic heterocycles. The van der Waals surface area contributed by atoms with Gasteiger partial charge in [-0.2, -0.15) is 0 Å². The molecule has 0 unspecified atom stereocenters. The van der Waals surface area contributed by atoms with E-state index in [2.05, 4.69) is 219 Å². The maximum absolute atomic E-state index is 4.31. The van der Waals surface area contributed by atoms with Crippen LogP contribution in [-0.2, 0) is 12.8 Å². The molecule has 9 rings (SSSR count). The third-order valence-corrected chi connectivity index (χ3v) is 11.7. The van der Waals surface area contributed by atoms with E-state index in [0.29, 0.717) is 0 Å². The minimum absolute atomic E-state index is 0.0233. The molecule has 0 saturated heterocycles. The first-order valence-electron chi connectivity index (χ1n) is 20.4. The summed E-state index contributed by atoms with van der Waals surface area (Å²) in [5.41, 5.74) is 18.4. The monoisotopic (exact) mass is 736 g/mol. The zero-order valence-electron chi connectivity index (χ0n) is 33.0. The fraction of sp³-hybridized carbons (Fsp3) is 0.127. The lowest BCUT2D eigenvalue weighted by Crippen LogP contribution is -2.15. The molecule has 0 atom stereocenters. The first-order chi connectivity index (χ1) is 28.1. The van der Waals surface area contributed by atoms with Crippen molar-refractivity contribution < 1.29 is 0 Å². The Morgan fingerprint density at radius 3 is 1.16 bits per heavy atom. The van der Waals surface area contributed by atoms with E-state index in [-0.39, 0.29) is 11.8 Å². The molecule has 0 bridgehead atoms. The van der Waals surface area contributed by atoms with Crippen LogP contribution in [0.4, 0.5) is 11.4 Å². The number of nitrogens with one attached hydrogen (secondary N) is 2. The van der Waals surface area contributed by atoms with E-state index in [1.807, 2.05) is 0 Å². The van der Waals surface area contributed by atoms with Crippen molar-refractivity contribution in [3.8, 4) is 0 Å². The van der Waals surface area contributed by atoms with Crippen LogP contribution in [0.25, 0.3) is 22.2 Å². The Kier molecular flexibility index (Phi) is 10.0. The van der Waals surface area contributed by atoms with Gasteiger partial charge < -0.3 is 10.6 Å². The molecule has 0 saturated carbocycles. The van der Waals surface area contributed by atoms with Crippen LogP contribution in [0.15, 0.2) is 188 Å². The Morgan fingerprint density at radius 1 is 0.404 bits per heavy atom. The molecule has 8 aromatic rings. The van der Waals surface area contributed by atoms with Gasteiger partial charge in [0.1, 0.15) is 0 Å². The van der Waals surface area contributed by atoms with Crippen LogP contribution < -0.4 is 10.6 Å². The van der Waals surface area contributed by atoms with Crippen molar-refractivity contribution >= 4 is 33.5 Å². The molecule has 8 aromatic carbocycles. The van der Waals surface area contributed by atoms with Gasteiger partial charge in [-0.15, -0.1) is 0 Å². The van der Waals surface area contributed by atoms with Gasteiger partial charge in [0.05, 0.1) is 11.4 Å². The molecule has 2 nitrogen and oxygen atoms in total. The largest absolute Gasteiger partial charge is 0.353 e. The van der Waals surface area contributed by atoms with Gasteiger partial charge in [0.25, 0.3) is 0 Å². The summed E-state index contributed by atoms with van der Waals surface area (Å²) in [6.07, 6.45) is 1.89. The van der Waals surface area contributed by atoms with Crippen molar-refractivity contribution in [3.05, 3.63) is 249 Å². The highest BCUT2D eigenvalue weighted by molar-refractivity contribution is 6.18. The summed E-state index contributed by atoms with van der Waals surface area (Å²) in [6.45, 7) is 6.76. The lowest BCUT2D eigenvalue weighted by atomic mass is 9.78. The number of para-hydroxylation sites is 1. The molecule has 0 spiro atoms. The lowest BCUT2D eigenvalue weighted by molar-refractivity contribution is 0.939. The molecule has 1 aliphatic carbocycles. The quantitative estimate of drug-likeness (QED) is 0.122. The van der Waals surface area contributed by atoms with Crippen molar-refractivity contribution in [3.63, 3.8) is 0 Å². The molecule has 1 aliphatic rings. The fourth-order valence-corrected chi connectivity index (χ4v) is 9.07. The van der Waals surface area contributed by atoms with Crippen LogP contribution >= 0.6 is 0 Å². The molecule has 57 heavy (non-hydrogen) atoms. The third-order valence-electron chi connectivity index (χ3n) is 11.7. The minimum atomic E-state index is -0.0233. The van der Waals surface area contributed by atoms with Crippen LogP contribution in [-0.4, -0.2) is 0 Å². The molecular formula is C55H48N2. The predicted octanol–water partition coefficient (Wildman–Crippen LogP) is 14.0. The molecule has 0 aliphatic heterocycles. The molecule has 0 amide bonds. The van der Waals surface area contributed by atoms with Crippen LogP contribution in [0.2, 0.25) is 0 Å². The summed E-state index contributed by atoms with van der Waals surface area (Å²) in [6, 6.07) is 69.1. The van der Waals surface area contributed by atoms with Crippen molar-refractivity contribution in [1.82, 2.24) is 0 Å². The normalized spacial score (nSPS) is 12.2. The number of anilines is 2. The Hall–Kier alpha value is -6.64. The van der Waals surface area contributed by atoms with Crippen LogP contribution in [0.5, 0.6) is 0 Å². The first-order valence-corrected chi connectivity index (χ1v) is 20.4. The number of aryl methyl sites for hydroxylation is 3. The zero-order valence-corrected chi connectivity index (χ0v) is 33.0.